The lowest BCUT2D eigenvalue weighted by Crippen LogP contribution is -2.37. The highest BCUT2D eigenvalue weighted by atomic mass is 16.3. The van der Waals surface area contributed by atoms with E-state index in [4.69, 9.17) is 0 Å². The lowest BCUT2D eigenvalue weighted by molar-refractivity contribution is -0.706. The normalized spacial score (nSPS) is 11.1. The number of aromatic nitrogens is 1. The standard InChI is InChI=1S/C22H40NO/c1-2-3-4-5-6-7-8-9-10-11-12-13-14-16-19-23-20-17-15-18-22(23)21-24/h15,17-18,20,24H,2-14,16,19,21H2,1H3/q+1. The Labute approximate surface area is 150 Å². The molecule has 0 spiro atoms. The van der Waals surface area contributed by atoms with Crippen LogP contribution in [0.25, 0.3) is 0 Å². The minimum absolute atomic E-state index is 0.138. The van der Waals surface area contributed by atoms with E-state index in [2.05, 4.69) is 17.7 Å². The number of nitrogens with zero attached hydrogens (tertiary/aromatic N) is 1. The van der Waals surface area contributed by atoms with E-state index in [1.807, 2.05) is 18.2 Å². The van der Waals surface area contributed by atoms with Crippen molar-refractivity contribution in [3.8, 4) is 0 Å². The number of unbranched alkanes of at least 4 members (excludes halogenated alkanes) is 13. The van der Waals surface area contributed by atoms with Crippen LogP contribution in [0.1, 0.15) is 103 Å². The molecule has 1 N–H and O–H groups in total. The van der Waals surface area contributed by atoms with Gasteiger partial charge in [0.25, 0.3) is 0 Å². The zero-order valence-corrected chi connectivity index (χ0v) is 16.0. The summed E-state index contributed by atoms with van der Waals surface area (Å²) in [5.41, 5.74) is 1.02. The fourth-order valence-electron chi connectivity index (χ4n) is 3.35. The Morgan fingerprint density at radius 2 is 1.21 bits per heavy atom. The molecule has 0 bridgehead atoms. The van der Waals surface area contributed by atoms with Crippen LogP contribution in [-0.4, -0.2) is 5.11 Å². The topological polar surface area (TPSA) is 24.1 Å². The molecule has 0 aliphatic heterocycles. The van der Waals surface area contributed by atoms with Crippen LogP contribution >= 0.6 is 0 Å². The molecule has 1 rings (SSSR count). The molecule has 24 heavy (non-hydrogen) atoms. The lowest BCUT2D eigenvalue weighted by Gasteiger charge is -2.03. The summed E-state index contributed by atoms with van der Waals surface area (Å²) < 4.78 is 2.18. The number of aryl methyl sites for hydroxylation is 1. The highest BCUT2D eigenvalue weighted by Crippen LogP contribution is 2.12. The summed E-state index contributed by atoms with van der Waals surface area (Å²) in [5, 5.41) is 9.31. The Morgan fingerprint density at radius 1 is 0.708 bits per heavy atom. The van der Waals surface area contributed by atoms with Gasteiger partial charge in [-0.3, -0.25) is 0 Å². The van der Waals surface area contributed by atoms with E-state index in [0.717, 1.165) is 12.2 Å². The van der Waals surface area contributed by atoms with Crippen LogP contribution in [0.15, 0.2) is 24.4 Å². The monoisotopic (exact) mass is 334 g/mol. The van der Waals surface area contributed by atoms with Gasteiger partial charge in [0.2, 0.25) is 5.69 Å². The van der Waals surface area contributed by atoms with Crippen LogP contribution in [0.2, 0.25) is 0 Å². The third-order valence-electron chi connectivity index (χ3n) is 4.95. The average Bonchev–Trinajstić information content (AvgIpc) is 2.62. The van der Waals surface area contributed by atoms with Crippen LogP contribution < -0.4 is 4.57 Å². The summed E-state index contributed by atoms with van der Waals surface area (Å²) in [7, 11) is 0. The smallest absolute Gasteiger partial charge is 0.206 e. The Morgan fingerprint density at radius 3 is 1.71 bits per heavy atom. The fraction of sp³-hybridized carbons (Fsp3) is 0.773. The van der Waals surface area contributed by atoms with Crippen LogP contribution in [0.4, 0.5) is 0 Å². The molecule has 0 aromatic carbocycles. The molecule has 1 aromatic rings. The molecule has 0 radical (unpaired) electrons. The molecule has 0 saturated heterocycles. The minimum atomic E-state index is 0.138. The second kappa shape index (κ2) is 15.6. The maximum absolute atomic E-state index is 9.31. The quantitative estimate of drug-likeness (QED) is 0.293. The Hall–Kier alpha value is -0.890. The third kappa shape index (κ3) is 10.8. The van der Waals surface area contributed by atoms with Gasteiger partial charge in [-0.05, 0) is 6.42 Å². The van der Waals surface area contributed by atoms with Crippen molar-refractivity contribution in [3.05, 3.63) is 30.1 Å². The largest absolute Gasteiger partial charge is 0.385 e. The van der Waals surface area contributed by atoms with Crippen LogP contribution in [0, 0.1) is 0 Å². The molecule has 0 aliphatic rings. The van der Waals surface area contributed by atoms with Gasteiger partial charge in [-0.25, -0.2) is 4.57 Å². The number of aliphatic hydroxyl groups excluding tert-OH is 1. The van der Waals surface area contributed by atoms with Gasteiger partial charge in [-0.1, -0.05) is 90.0 Å². The first-order valence-corrected chi connectivity index (χ1v) is 10.5. The number of aliphatic hydroxyl groups is 1. The summed E-state index contributed by atoms with van der Waals surface area (Å²) in [5.74, 6) is 0. The molecule has 2 nitrogen and oxygen atoms in total. The fourth-order valence-corrected chi connectivity index (χ4v) is 3.35. The molecule has 0 fully saturated rings. The molecular weight excluding hydrogens is 294 g/mol. The van der Waals surface area contributed by atoms with E-state index >= 15 is 0 Å². The van der Waals surface area contributed by atoms with E-state index in [-0.39, 0.29) is 6.61 Å². The van der Waals surface area contributed by atoms with Gasteiger partial charge >= 0.3 is 0 Å². The Balaban J connectivity index is 1.84. The first-order valence-electron chi connectivity index (χ1n) is 10.5. The molecule has 0 amide bonds. The molecule has 0 atom stereocenters. The van der Waals surface area contributed by atoms with Crippen molar-refractivity contribution in [1.82, 2.24) is 0 Å². The van der Waals surface area contributed by atoms with Gasteiger partial charge in [-0.2, -0.15) is 0 Å². The van der Waals surface area contributed by atoms with Gasteiger partial charge < -0.3 is 5.11 Å². The third-order valence-corrected chi connectivity index (χ3v) is 4.95. The van der Waals surface area contributed by atoms with E-state index in [1.165, 1.54) is 89.9 Å². The molecule has 1 heterocycles. The summed E-state index contributed by atoms with van der Waals surface area (Å²) in [6.07, 6.45) is 21.7. The number of rotatable bonds is 16. The molecule has 2 heteroatoms. The first-order chi connectivity index (χ1) is 11.9. The lowest BCUT2D eigenvalue weighted by atomic mass is 10.0. The Bertz CT molecular complexity index is 391. The van der Waals surface area contributed by atoms with Crippen LogP contribution in [0.5, 0.6) is 0 Å². The van der Waals surface area contributed by atoms with E-state index < -0.39 is 0 Å². The van der Waals surface area contributed by atoms with Gasteiger partial charge in [0, 0.05) is 18.6 Å². The average molecular weight is 335 g/mol. The predicted molar refractivity (Wildman–Crippen MR) is 103 cm³/mol. The molecule has 0 unspecified atom stereocenters. The number of pyridine rings is 1. The highest BCUT2D eigenvalue weighted by Gasteiger charge is 2.06. The van der Waals surface area contributed by atoms with E-state index in [1.54, 1.807) is 0 Å². The van der Waals surface area contributed by atoms with Gasteiger partial charge in [0.1, 0.15) is 13.2 Å². The summed E-state index contributed by atoms with van der Waals surface area (Å²) >= 11 is 0. The van der Waals surface area contributed by atoms with Gasteiger partial charge in [0.15, 0.2) is 6.20 Å². The Kier molecular flexibility index (Phi) is 13.8. The molecule has 138 valence electrons. The van der Waals surface area contributed by atoms with Crippen molar-refractivity contribution in [1.29, 1.82) is 0 Å². The minimum Gasteiger partial charge on any atom is -0.385 e. The summed E-state index contributed by atoms with van der Waals surface area (Å²) in [6, 6.07) is 6.04. The van der Waals surface area contributed by atoms with Crippen molar-refractivity contribution >= 4 is 0 Å². The predicted octanol–water partition coefficient (Wildman–Crippen LogP) is 5.95. The van der Waals surface area contributed by atoms with Crippen LogP contribution in [0.3, 0.4) is 0 Å². The summed E-state index contributed by atoms with van der Waals surface area (Å²) in [4.78, 5) is 0. The molecular formula is C22H40NO+. The van der Waals surface area contributed by atoms with Crippen molar-refractivity contribution in [3.63, 3.8) is 0 Å². The molecule has 0 saturated carbocycles. The van der Waals surface area contributed by atoms with E-state index in [9.17, 15) is 5.11 Å². The van der Waals surface area contributed by atoms with Gasteiger partial charge in [-0.15, -0.1) is 0 Å². The zero-order chi connectivity index (χ0) is 17.3. The van der Waals surface area contributed by atoms with E-state index in [0.29, 0.717) is 0 Å². The van der Waals surface area contributed by atoms with Crippen molar-refractivity contribution < 1.29 is 9.67 Å². The zero-order valence-electron chi connectivity index (χ0n) is 16.0. The van der Waals surface area contributed by atoms with Crippen molar-refractivity contribution in [2.24, 2.45) is 0 Å². The maximum atomic E-state index is 9.31. The molecule has 0 aliphatic carbocycles. The number of hydrogen-bond donors (Lipinski definition) is 1. The van der Waals surface area contributed by atoms with Gasteiger partial charge in [0.05, 0.1) is 0 Å². The summed E-state index contributed by atoms with van der Waals surface area (Å²) in [6.45, 7) is 3.46. The first kappa shape index (κ1) is 21.2. The van der Waals surface area contributed by atoms with Crippen LogP contribution in [-0.2, 0) is 13.2 Å². The van der Waals surface area contributed by atoms with Crippen molar-refractivity contribution in [2.45, 2.75) is 110 Å². The number of hydrogen-bond acceptors (Lipinski definition) is 1. The molecule has 1 aromatic heterocycles. The highest BCUT2D eigenvalue weighted by molar-refractivity contribution is 4.95. The second-order valence-electron chi connectivity index (χ2n) is 7.14. The maximum Gasteiger partial charge on any atom is 0.206 e. The SMILES string of the molecule is CCCCCCCCCCCCCCCC[n+]1ccccc1CO. The second-order valence-corrected chi connectivity index (χ2v) is 7.14. The van der Waals surface area contributed by atoms with Crippen molar-refractivity contribution in [2.75, 3.05) is 0 Å².